The maximum absolute atomic E-state index is 14.0. The molecule has 1 aromatic carbocycles. The number of aryl methyl sites for hydroxylation is 1. The fraction of sp³-hybridized carbons (Fsp3) is 0.349. The summed E-state index contributed by atoms with van der Waals surface area (Å²) in [5.74, 6) is 1.06. The highest BCUT2D eigenvalue weighted by Crippen LogP contribution is 2.32. The molecule has 2 aliphatic rings. The maximum atomic E-state index is 14.0. The van der Waals surface area contributed by atoms with Crippen molar-refractivity contribution in [1.82, 2.24) is 30.1 Å². The van der Waals surface area contributed by atoms with E-state index in [9.17, 15) is 14.7 Å². The molecule has 0 radical (unpaired) electrons. The summed E-state index contributed by atoms with van der Waals surface area (Å²) in [5.41, 5.74) is 7.21. The Morgan fingerprint density at radius 1 is 1.09 bits per heavy atom. The van der Waals surface area contributed by atoms with Gasteiger partial charge in [-0.1, -0.05) is 68.5 Å². The minimum Gasteiger partial charge on any atom is -0.378 e. The number of fused-ring (bicyclic) bond motifs is 1. The predicted octanol–water partition coefficient (Wildman–Crippen LogP) is 7.21. The van der Waals surface area contributed by atoms with E-state index in [0.29, 0.717) is 36.1 Å². The third-order valence-electron chi connectivity index (χ3n) is 9.48. The number of aliphatic imine (C=N–C) groups is 1. The lowest BCUT2D eigenvalue weighted by molar-refractivity contribution is -0.130. The molecule has 55 heavy (non-hydrogen) atoms. The molecular formula is C43H53N9O3. The Balaban J connectivity index is 1.35. The zero-order valence-electron chi connectivity index (χ0n) is 33.0. The average Bonchev–Trinajstić information content (AvgIpc) is 3.28. The Kier molecular flexibility index (Phi) is 13.6. The van der Waals surface area contributed by atoms with Gasteiger partial charge < -0.3 is 15.3 Å². The molecule has 3 N–H and O–H groups in total. The number of aliphatic hydroxyl groups is 1. The number of pyridine rings is 1. The van der Waals surface area contributed by atoms with E-state index in [4.69, 9.17) is 4.99 Å². The van der Waals surface area contributed by atoms with Crippen LogP contribution in [0.1, 0.15) is 64.3 Å². The van der Waals surface area contributed by atoms with Gasteiger partial charge in [-0.05, 0) is 63.8 Å². The molecule has 0 bridgehead atoms. The van der Waals surface area contributed by atoms with Gasteiger partial charge in [0.15, 0.2) is 0 Å². The van der Waals surface area contributed by atoms with Crippen LogP contribution >= 0.6 is 0 Å². The second kappa shape index (κ2) is 18.5. The monoisotopic (exact) mass is 743 g/mol. The largest absolute Gasteiger partial charge is 0.378 e. The number of rotatable bonds is 14. The molecule has 12 heteroatoms. The van der Waals surface area contributed by atoms with Crippen molar-refractivity contribution in [2.24, 2.45) is 10.9 Å². The Morgan fingerprint density at radius 2 is 1.85 bits per heavy atom. The van der Waals surface area contributed by atoms with Crippen molar-refractivity contribution in [3.63, 3.8) is 0 Å². The van der Waals surface area contributed by atoms with Crippen LogP contribution in [0.5, 0.6) is 0 Å². The molecule has 2 aromatic heterocycles. The minimum atomic E-state index is -0.954. The molecule has 0 aliphatic carbocycles. The molecule has 12 nitrogen and oxygen atoms in total. The third kappa shape index (κ3) is 9.69. The normalized spacial score (nSPS) is 18.8. The molecule has 5 rings (SSSR count). The van der Waals surface area contributed by atoms with Gasteiger partial charge in [-0.25, -0.2) is 9.78 Å². The lowest BCUT2D eigenvalue weighted by Gasteiger charge is -2.35. The predicted molar refractivity (Wildman–Crippen MR) is 220 cm³/mol. The van der Waals surface area contributed by atoms with Crippen molar-refractivity contribution >= 4 is 35.1 Å². The number of nitrogens with one attached hydrogen (secondary N) is 2. The third-order valence-corrected chi connectivity index (χ3v) is 9.48. The van der Waals surface area contributed by atoms with E-state index in [1.165, 1.54) is 4.90 Å². The second-order valence-electron chi connectivity index (χ2n) is 14.0. The summed E-state index contributed by atoms with van der Waals surface area (Å²) in [6.07, 6.45) is 12.7. The zero-order chi connectivity index (χ0) is 39.6. The van der Waals surface area contributed by atoms with Gasteiger partial charge in [0.05, 0.1) is 24.1 Å². The van der Waals surface area contributed by atoms with Crippen LogP contribution in [0.25, 0.3) is 0 Å². The number of amides is 3. The standard InChI is InChI=1S/C43H53N9O3/c1-9-23-51-37(34(11-3)39(31-15-13-12-14-16-31)48-35(41(51)54)24-28(4)5)19-20-38(53)44-22-21-36(29(6)10-2)52-27-32-25-46-42(49-40(32)50(8)43(52)55)47-33-18-17-30(7)45-26-33/h9-19,21,25-26,28,35,38,44,53H,1,20,22-24,27H2,2-8H3,(H,46,47,49)/b29-10-,34-11+,36-21+,37-19+/t35-,38?/m0/s1. The van der Waals surface area contributed by atoms with Crippen LogP contribution in [0.3, 0.4) is 0 Å². The van der Waals surface area contributed by atoms with E-state index in [1.807, 2.05) is 94.5 Å². The van der Waals surface area contributed by atoms with Crippen molar-refractivity contribution in [3.8, 4) is 0 Å². The molecule has 2 atom stereocenters. The van der Waals surface area contributed by atoms with Crippen LogP contribution in [-0.4, -0.2) is 79.9 Å². The van der Waals surface area contributed by atoms with E-state index >= 15 is 0 Å². The van der Waals surface area contributed by atoms with Gasteiger partial charge in [-0.3, -0.25) is 29.9 Å². The van der Waals surface area contributed by atoms with Crippen LogP contribution in [-0.2, 0) is 11.3 Å². The van der Waals surface area contributed by atoms with Gasteiger partial charge in [-0.2, -0.15) is 4.98 Å². The Hall–Kier alpha value is -5.72. The highest BCUT2D eigenvalue weighted by molar-refractivity contribution is 6.17. The number of aromatic nitrogens is 3. The van der Waals surface area contributed by atoms with Crippen LogP contribution < -0.4 is 15.5 Å². The van der Waals surface area contributed by atoms with E-state index in [2.05, 4.69) is 46.0 Å². The summed E-state index contributed by atoms with van der Waals surface area (Å²) in [4.78, 5) is 51.3. The fourth-order valence-electron chi connectivity index (χ4n) is 6.55. The summed E-state index contributed by atoms with van der Waals surface area (Å²) >= 11 is 0. The molecule has 288 valence electrons. The molecule has 1 unspecified atom stereocenters. The topological polar surface area (TPSA) is 139 Å². The van der Waals surface area contributed by atoms with Gasteiger partial charge in [0.25, 0.3) is 5.91 Å². The first kappa shape index (κ1) is 40.5. The highest BCUT2D eigenvalue weighted by Gasteiger charge is 2.34. The second-order valence-corrected chi connectivity index (χ2v) is 14.0. The average molecular weight is 744 g/mol. The number of carbonyl (C=O) groups excluding carboxylic acids is 2. The summed E-state index contributed by atoms with van der Waals surface area (Å²) in [6.45, 7) is 16.7. The van der Waals surface area contributed by atoms with Crippen molar-refractivity contribution in [2.45, 2.75) is 73.2 Å². The summed E-state index contributed by atoms with van der Waals surface area (Å²) in [6, 6.07) is 12.9. The summed E-state index contributed by atoms with van der Waals surface area (Å²) < 4.78 is 0. The minimum absolute atomic E-state index is 0.0961. The number of anilines is 3. The Labute approximate surface area is 324 Å². The first-order valence-corrected chi connectivity index (χ1v) is 18.7. The number of allylic oxidation sites excluding steroid dienone is 4. The van der Waals surface area contributed by atoms with E-state index < -0.39 is 12.3 Å². The molecule has 4 heterocycles. The summed E-state index contributed by atoms with van der Waals surface area (Å²) in [5, 5.41) is 17.6. The first-order chi connectivity index (χ1) is 26.4. The molecule has 2 aliphatic heterocycles. The van der Waals surface area contributed by atoms with Crippen LogP contribution in [0.2, 0.25) is 0 Å². The van der Waals surface area contributed by atoms with Crippen LogP contribution in [0.15, 0.2) is 119 Å². The van der Waals surface area contributed by atoms with Crippen molar-refractivity contribution in [2.75, 3.05) is 30.4 Å². The van der Waals surface area contributed by atoms with Crippen molar-refractivity contribution < 1.29 is 14.7 Å². The van der Waals surface area contributed by atoms with Crippen LogP contribution in [0, 0.1) is 12.8 Å². The summed E-state index contributed by atoms with van der Waals surface area (Å²) in [7, 11) is 1.70. The lowest BCUT2D eigenvalue weighted by Crippen LogP contribution is -2.45. The van der Waals surface area contributed by atoms with Gasteiger partial charge in [0.2, 0.25) is 5.95 Å². The number of carbonyl (C=O) groups is 2. The van der Waals surface area contributed by atoms with Gasteiger partial charge in [0, 0.05) is 66.5 Å². The molecule has 0 fully saturated rings. The quantitative estimate of drug-likeness (QED) is 0.0895. The number of aliphatic hydroxyl groups excluding tert-OH is 1. The molecule has 3 aromatic rings. The van der Waals surface area contributed by atoms with E-state index in [0.717, 1.165) is 39.4 Å². The molecule has 0 spiro atoms. The van der Waals surface area contributed by atoms with E-state index in [-0.39, 0.29) is 37.4 Å². The SMILES string of the molecule is C=CCN1C(=O)[C@H](CC(C)C)N=C(c2ccccc2)C(=C/C)/C1=C\CC(O)NC/C=C(\C(C)=C/C)N1Cc2cnc(Nc3ccc(C)nc3)nc2N(C)C1=O. The van der Waals surface area contributed by atoms with Gasteiger partial charge >= 0.3 is 6.03 Å². The van der Waals surface area contributed by atoms with Crippen LogP contribution in [0.4, 0.5) is 22.2 Å². The van der Waals surface area contributed by atoms with Crippen molar-refractivity contribution in [3.05, 3.63) is 131 Å². The van der Waals surface area contributed by atoms with Gasteiger partial charge in [-0.15, -0.1) is 6.58 Å². The Bertz CT molecular complexity index is 2020. The molecule has 0 saturated heterocycles. The molecular weight excluding hydrogens is 691 g/mol. The number of nitrogens with zero attached hydrogens (tertiary/aromatic N) is 7. The maximum Gasteiger partial charge on any atom is 0.330 e. The van der Waals surface area contributed by atoms with Crippen molar-refractivity contribution in [1.29, 1.82) is 0 Å². The smallest absolute Gasteiger partial charge is 0.330 e. The molecule has 3 amide bonds. The molecule has 0 saturated carbocycles. The van der Waals surface area contributed by atoms with E-state index in [1.54, 1.807) is 35.3 Å². The van der Waals surface area contributed by atoms with Gasteiger partial charge in [0.1, 0.15) is 18.1 Å². The highest BCUT2D eigenvalue weighted by atomic mass is 16.3. The first-order valence-electron chi connectivity index (χ1n) is 18.7. The number of hydrogen-bond donors (Lipinski definition) is 3. The number of urea groups is 1. The lowest BCUT2D eigenvalue weighted by atomic mass is 9.98. The Morgan fingerprint density at radius 3 is 2.51 bits per heavy atom. The fourth-order valence-corrected chi connectivity index (χ4v) is 6.55. The number of hydrogen-bond acceptors (Lipinski definition) is 9. The number of benzene rings is 1. The zero-order valence-corrected chi connectivity index (χ0v) is 33.0.